The van der Waals surface area contributed by atoms with Crippen LogP contribution in [-0.2, 0) is 11.3 Å². The number of aromatic nitrogens is 4. The number of aryl methyl sites for hydroxylation is 1. The van der Waals surface area contributed by atoms with Crippen LogP contribution in [0.4, 0.5) is 5.82 Å². The number of amides is 1. The molecule has 1 N–H and O–H groups in total. The number of likely N-dealkylation sites (tertiary alicyclic amines) is 1. The molecule has 0 radical (unpaired) electrons. The Morgan fingerprint density at radius 2 is 2.19 bits per heavy atom. The summed E-state index contributed by atoms with van der Waals surface area (Å²) < 4.78 is 1.81. The predicted octanol–water partition coefficient (Wildman–Crippen LogP) is 2.62. The van der Waals surface area contributed by atoms with E-state index >= 15 is 0 Å². The molecule has 7 heteroatoms. The molecule has 3 aromatic rings. The van der Waals surface area contributed by atoms with Crippen LogP contribution >= 0.6 is 0 Å². The Balaban J connectivity index is 1.46. The third-order valence-corrected chi connectivity index (χ3v) is 4.96. The molecule has 26 heavy (non-hydrogen) atoms. The number of carbonyl (C=O) groups is 1. The van der Waals surface area contributed by atoms with Crippen molar-refractivity contribution < 1.29 is 4.79 Å². The number of nitrogens with zero attached hydrogens (tertiary/aromatic N) is 5. The van der Waals surface area contributed by atoms with Crippen molar-refractivity contribution in [1.82, 2.24) is 24.9 Å². The fraction of sp³-hybridized carbons (Fsp3) is 0.368. The molecule has 1 aromatic carbocycles. The van der Waals surface area contributed by atoms with Gasteiger partial charge >= 0.3 is 0 Å². The number of rotatable bonds is 5. The molecule has 1 fully saturated rings. The van der Waals surface area contributed by atoms with Crippen molar-refractivity contribution in [2.75, 3.05) is 18.9 Å². The summed E-state index contributed by atoms with van der Waals surface area (Å²) in [4.78, 5) is 19.1. The number of nitrogens with one attached hydrogen (secondary N) is 1. The van der Waals surface area contributed by atoms with Gasteiger partial charge in [0.25, 0.3) is 0 Å². The maximum atomic E-state index is 12.8. The number of hydrogen-bond donors (Lipinski definition) is 1. The van der Waals surface area contributed by atoms with Gasteiger partial charge in [0.1, 0.15) is 11.3 Å². The number of hydrogen-bond acceptors (Lipinski definition) is 5. The van der Waals surface area contributed by atoms with E-state index in [4.69, 9.17) is 0 Å². The summed E-state index contributed by atoms with van der Waals surface area (Å²) in [5.74, 6) is 0.991. The van der Waals surface area contributed by atoms with Crippen molar-refractivity contribution in [3.8, 4) is 0 Å². The molecule has 1 aliphatic heterocycles. The zero-order valence-electron chi connectivity index (χ0n) is 14.8. The van der Waals surface area contributed by atoms with E-state index < -0.39 is 0 Å². The zero-order valence-corrected chi connectivity index (χ0v) is 14.8. The first-order chi connectivity index (χ1) is 12.8. The van der Waals surface area contributed by atoms with Crippen LogP contribution in [-0.4, -0.2) is 44.4 Å². The Bertz CT molecular complexity index is 921. The smallest absolute Gasteiger partial charge is 0.224 e. The summed E-state index contributed by atoms with van der Waals surface area (Å²) in [7, 11) is 1.85. The number of anilines is 1. The summed E-state index contributed by atoms with van der Waals surface area (Å²) in [6, 6.07) is 12.0. The third-order valence-electron chi connectivity index (χ3n) is 4.96. The van der Waals surface area contributed by atoms with E-state index in [2.05, 4.69) is 20.6 Å². The second kappa shape index (κ2) is 7.11. The highest BCUT2D eigenvalue weighted by Crippen LogP contribution is 2.33. The van der Waals surface area contributed by atoms with Crippen molar-refractivity contribution in [2.45, 2.75) is 31.8 Å². The molecule has 0 saturated carbocycles. The highest BCUT2D eigenvalue weighted by Gasteiger charge is 2.29. The fourth-order valence-corrected chi connectivity index (χ4v) is 3.63. The summed E-state index contributed by atoms with van der Waals surface area (Å²) >= 11 is 0. The van der Waals surface area contributed by atoms with Crippen molar-refractivity contribution >= 4 is 22.8 Å². The zero-order chi connectivity index (χ0) is 17.9. The molecule has 3 heterocycles. The second-order valence-corrected chi connectivity index (χ2v) is 6.52. The van der Waals surface area contributed by atoms with E-state index in [0.29, 0.717) is 13.0 Å². The van der Waals surface area contributed by atoms with Gasteiger partial charge < -0.3 is 10.2 Å². The topological polar surface area (TPSA) is 75.9 Å². The fourth-order valence-electron chi connectivity index (χ4n) is 3.63. The van der Waals surface area contributed by atoms with Gasteiger partial charge in [-0.1, -0.05) is 17.3 Å². The standard InChI is InChI=1S/C19H22N6O/c1-20-18-13-14(8-10-21-18)16-7-4-11-24(16)19(26)9-12-25-17-6-3-2-5-15(17)22-23-25/h2-3,5-6,8,10,13,16H,4,7,9,11-12H2,1H3,(H,20,21). The van der Waals surface area contributed by atoms with Gasteiger partial charge in [0.05, 0.1) is 18.1 Å². The molecule has 1 unspecified atom stereocenters. The van der Waals surface area contributed by atoms with E-state index in [1.807, 2.05) is 53.0 Å². The van der Waals surface area contributed by atoms with Gasteiger partial charge in [0.2, 0.25) is 5.91 Å². The molecule has 1 atom stereocenters. The lowest BCUT2D eigenvalue weighted by Gasteiger charge is -2.25. The average molecular weight is 350 g/mol. The summed E-state index contributed by atoms with van der Waals surface area (Å²) in [6.07, 6.45) is 4.24. The molecule has 1 saturated heterocycles. The maximum absolute atomic E-state index is 12.8. The number of para-hydroxylation sites is 1. The molecule has 7 nitrogen and oxygen atoms in total. The van der Waals surface area contributed by atoms with Crippen molar-refractivity contribution in [1.29, 1.82) is 0 Å². The van der Waals surface area contributed by atoms with Gasteiger partial charge in [0.15, 0.2) is 0 Å². The first-order valence-electron chi connectivity index (χ1n) is 8.97. The molecule has 0 aliphatic carbocycles. The van der Waals surface area contributed by atoms with Gasteiger partial charge in [-0.2, -0.15) is 0 Å². The number of carbonyl (C=O) groups excluding carboxylic acids is 1. The van der Waals surface area contributed by atoms with Crippen LogP contribution in [0.15, 0.2) is 42.6 Å². The minimum atomic E-state index is 0.130. The van der Waals surface area contributed by atoms with Gasteiger partial charge in [-0.15, -0.1) is 5.10 Å². The Morgan fingerprint density at radius 3 is 3.08 bits per heavy atom. The average Bonchev–Trinajstić information content (AvgIpc) is 3.33. The van der Waals surface area contributed by atoms with E-state index in [1.54, 1.807) is 6.20 Å². The minimum absolute atomic E-state index is 0.130. The van der Waals surface area contributed by atoms with Crippen molar-refractivity contribution in [3.63, 3.8) is 0 Å². The molecular weight excluding hydrogens is 328 g/mol. The minimum Gasteiger partial charge on any atom is -0.373 e. The normalized spacial score (nSPS) is 17.0. The van der Waals surface area contributed by atoms with E-state index in [9.17, 15) is 4.79 Å². The highest BCUT2D eigenvalue weighted by atomic mass is 16.2. The Kier molecular flexibility index (Phi) is 4.51. The summed E-state index contributed by atoms with van der Waals surface area (Å²) in [6.45, 7) is 1.35. The highest BCUT2D eigenvalue weighted by molar-refractivity contribution is 5.78. The maximum Gasteiger partial charge on any atom is 0.224 e. The van der Waals surface area contributed by atoms with E-state index in [1.165, 1.54) is 0 Å². The molecule has 1 aliphatic rings. The van der Waals surface area contributed by atoms with Gasteiger partial charge in [-0.25, -0.2) is 9.67 Å². The SMILES string of the molecule is CNc1cc(C2CCCN2C(=O)CCn2nnc3ccccc32)ccn1. The largest absolute Gasteiger partial charge is 0.373 e. The van der Waals surface area contributed by atoms with Crippen LogP contribution in [0, 0.1) is 0 Å². The van der Waals surface area contributed by atoms with Crippen molar-refractivity contribution in [3.05, 3.63) is 48.2 Å². The van der Waals surface area contributed by atoms with Crippen LogP contribution in [0.1, 0.15) is 30.9 Å². The first kappa shape index (κ1) is 16.5. The van der Waals surface area contributed by atoms with E-state index in [0.717, 1.165) is 41.8 Å². The van der Waals surface area contributed by atoms with Crippen LogP contribution < -0.4 is 5.32 Å². The second-order valence-electron chi connectivity index (χ2n) is 6.52. The lowest BCUT2D eigenvalue weighted by Crippen LogP contribution is -2.31. The number of pyridine rings is 1. The Hall–Kier alpha value is -2.96. The summed E-state index contributed by atoms with van der Waals surface area (Å²) in [5.41, 5.74) is 2.96. The lowest BCUT2D eigenvalue weighted by atomic mass is 10.1. The van der Waals surface area contributed by atoms with Crippen molar-refractivity contribution in [2.24, 2.45) is 0 Å². The number of benzene rings is 1. The predicted molar refractivity (Wildman–Crippen MR) is 99.6 cm³/mol. The Morgan fingerprint density at radius 1 is 1.31 bits per heavy atom. The molecular formula is C19H22N6O. The van der Waals surface area contributed by atoms with Crippen LogP contribution in [0.2, 0.25) is 0 Å². The molecule has 0 bridgehead atoms. The molecule has 0 spiro atoms. The number of fused-ring (bicyclic) bond motifs is 1. The quantitative estimate of drug-likeness (QED) is 0.765. The molecule has 1 amide bonds. The first-order valence-corrected chi connectivity index (χ1v) is 8.97. The van der Waals surface area contributed by atoms with Crippen LogP contribution in [0.3, 0.4) is 0 Å². The summed E-state index contributed by atoms with van der Waals surface area (Å²) in [5, 5.41) is 11.4. The van der Waals surface area contributed by atoms with E-state index in [-0.39, 0.29) is 11.9 Å². The van der Waals surface area contributed by atoms with Crippen LogP contribution in [0.25, 0.3) is 11.0 Å². The van der Waals surface area contributed by atoms with Gasteiger partial charge in [-0.05, 0) is 42.7 Å². The van der Waals surface area contributed by atoms with Gasteiger partial charge in [-0.3, -0.25) is 4.79 Å². The van der Waals surface area contributed by atoms with Crippen LogP contribution in [0.5, 0.6) is 0 Å². The monoisotopic (exact) mass is 350 g/mol. The third kappa shape index (κ3) is 3.12. The molecule has 134 valence electrons. The molecule has 2 aromatic heterocycles. The Labute approximate surface area is 152 Å². The van der Waals surface area contributed by atoms with Gasteiger partial charge in [0, 0.05) is 26.2 Å². The molecule has 4 rings (SSSR count). The lowest BCUT2D eigenvalue weighted by molar-refractivity contribution is -0.132.